The number of benzene rings is 1. The molecule has 0 saturated carbocycles. The molecule has 30 heavy (non-hydrogen) atoms. The number of rotatable bonds is 10. The summed E-state index contributed by atoms with van der Waals surface area (Å²) in [5.74, 6) is 0.568. The lowest BCUT2D eigenvalue weighted by Gasteiger charge is -2.16. The molecule has 0 radical (unpaired) electrons. The molecule has 0 aliphatic heterocycles. The highest BCUT2D eigenvalue weighted by Gasteiger charge is 2.11. The first kappa shape index (κ1) is 22.4. The van der Waals surface area contributed by atoms with E-state index in [1.54, 1.807) is 13.2 Å². The predicted octanol–water partition coefficient (Wildman–Crippen LogP) is 4.55. The Balaban J connectivity index is 1.76. The van der Waals surface area contributed by atoms with Gasteiger partial charge in [-0.2, -0.15) is 0 Å². The monoisotopic (exact) mass is 446 g/mol. The van der Waals surface area contributed by atoms with Gasteiger partial charge in [0, 0.05) is 41.4 Å². The zero-order valence-electron chi connectivity index (χ0n) is 17.1. The second kappa shape index (κ2) is 10.6. The van der Waals surface area contributed by atoms with Crippen LogP contribution in [0.1, 0.15) is 26.0 Å². The molecule has 0 aliphatic rings. The average molecular weight is 447 g/mol. The molecule has 3 aromatic rings. The van der Waals surface area contributed by atoms with Crippen molar-refractivity contribution < 1.29 is 18.2 Å². The third-order valence-electron chi connectivity index (χ3n) is 4.15. The lowest BCUT2D eigenvalue weighted by Crippen LogP contribution is -2.08. The number of aryl methyl sites for hydroxylation is 1. The Bertz CT molecular complexity index is 990. The molecule has 1 unspecified atom stereocenters. The molecule has 3 rings (SSSR count). The Kier molecular flexibility index (Phi) is 7.92. The zero-order valence-corrected chi connectivity index (χ0v) is 18.7. The van der Waals surface area contributed by atoms with Gasteiger partial charge in [0.15, 0.2) is 5.13 Å². The summed E-state index contributed by atoms with van der Waals surface area (Å²) in [6.07, 6.45) is 3.57. The van der Waals surface area contributed by atoms with E-state index < -0.39 is 11.1 Å². The van der Waals surface area contributed by atoms with E-state index in [-0.39, 0.29) is 11.0 Å². The van der Waals surface area contributed by atoms with E-state index in [1.807, 2.05) is 37.6 Å². The van der Waals surface area contributed by atoms with Crippen molar-refractivity contribution in [2.75, 3.05) is 19.0 Å². The number of hydrogen-bond acceptors (Lipinski definition) is 8. The fourth-order valence-electron chi connectivity index (χ4n) is 2.77. The van der Waals surface area contributed by atoms with Gasteiger partial charge in [0.25, 0.3) is 0 Å². The van der Waals surface area contributed by atoms with Gasteiger partial charge in [-0.1, -0.05) is 0 Å². The molecule has 0 saturated heterocycles. The molecule has 0 fully saturated rings. The van der Waals surface area contributed by atoms with E-state index >= 15 is 0 Å². The molecule has 2 aromatic heterocycles. The van der Waals surface area contributed by atoms with Crippen LogP contribution in [0, 0.1) is 0 Å². The van der Waals surface area contributed by atoms with Gasteiger partial charge in [-0.3, -0.25) is 9.19 Å². The molecule has 160 valence electrons. The summed E-state index contributed by atoms with van der Waals surface area (Å²) in [6, 6.07) is 8.70. The number of ether oxygens (including phenoxy) is 2. The molecule has 1 atom stereocenters. The minimum absolute atomic E-state index is 0.0468. The molecule has 0 amide bonds. The summed E-state index contributed by atoms with van der Waals surface area (Å²) in [5, 5.41) is 5.75. The van der Waals surface area contributed by atoms with Crippen molar-refractivity contribution >= 4 is 33.2 Å². The van der Waals surface area contributed by atoms with Gasteiger partial charge >= 0.3 is 0 Å². The lowest BCUT2D eigenvalue weighted by molar-refractivity contribution is 0.195. The van der Waals surface area contributed by atoms with Crippen LogP contribution < -0.4 is 10.1 Å². The first-order valence-electron chi connectivity index (χ1n) is 9.53. The highest BCUT2D eigenvalue weighted by atomic mass is 32.2. The van der Waals surface area contributed by atoms with Gasteiger partial charge < -0.3 is 19.3 Å². The van der Waals surface area contributed by atoms with Crippen molar-refractivity contribution in [3.63, 3.8) is 0 Å². The van der Waals surface area contributed by atoms with Gasteiger partial charge in [0.2, 0.25) is 0 Å². The summed E-state index contributed by atoms with van der Waals surface area (Å²) in [5.41, 5.74) is 3.29. The quantitative estimate of drug-likeness (QED) is 0.360. The number of aromatic nitrogens is 2. The van der Waals surface area contributed by atoms with Crippen molar-refractivity contribution in [3.8, 4) is 17.0 Å². The lowest BCUT2D eigenvalue weighted by atomic mass is 10.1. The normalized spacial score (nSPS) is 12.2. The van der Waals surface area contributed by atoms with E-state index in [0.717, 1.165) is 29.8 Å². The van der Waals surface area contributed by atoms with E-state index in [0.29, 0.717) is 23.2 Å². The molecule has 1 aromatic carbocycles. The summed E-state index contributed by atoms with van der Waals surface area (Å²) in [7, 11) is 1.69. The number of anilines is 2. The largest absolute Gasteiger partial charge is 0.768 e. The molecular weight excluding hydrogens is 422 g/mol. The van der Waals surface area contributed by atoms with Crippen molar-refractivity contribution in [2.45, 2.75) is 37.7 Å². The predicted molar refractivity (Wildman–Crippen MR) is 118 cm³/mol. The van der Waals surface area contributed by atoms with E-state index in [9.17, 15) is 8.76 Å². The maximum absolute atomic E-state index is 11.3. The topological polar surface area (TPSA) is 96.4 Å². The van der Waals surface area contributed by atoms with Crippen LogP contribution in [-0.2, 0) is 22.2 Å². The van der Waals surface area contributed by atoms with Crippen LogP contribution in [0.25, 0.3) is 11.3 Å². The number of methoxy groups -OCH3 is 1. The second-order valence-corrected chi connectivity index (χ2v) is 8.66. The maximum atomic E-state index is 11.3. The van der Waals surface area contributed by atoms with Crippen LogP contribution >= 0.6 is 11.3 Å². The number of nitrogens with zero attached hydrogens (tertiary/aromatic N) is 2. The Morgan fingerprint density at radius 3 is 2.77 bits per heavy atom. The second-order valence-electron chi connectivity index (χ2n) is 6.86. The molecule has 7 nitrogen and oxygen atoms in total. The number of pyridine rings is 1. The van der Waals surface area contributed by atoms with Gasteiger partial charge in [-0.25, -0.2) is 4.98 Å². The van der Waals surface area contributed by atoms with Gasteiger partial charge in [-0.15, -0.1) is 11.3 Å². The number of nitrogens with one attached hydrogen (secondary N) is 1. The summed E-state index contributed by atoms with van der Waals surface area (Å²) < 4.78 is 33.5. The first-order valence-corrected chi connectivity index (χ1v) is 11.5. The van der Waals surface area contributed by atoms with Crippen LogP contribution in [-0.4, -0.2) is 38.6 Å². The maximum Gasteiger partial charge on any atom is 0.187 e. The van der Waals surface area contributed by atoms with Gasteiger partial charge in [-0.05, 0) is 68.1 Å². The Labute approximate surface area is 182 Å². The van der Waals surface area contributed by atoms with Crippen LogP contribution in [0.2, 0.25) is 0 Å². The highest BCUT2D eigenvalue weighted by molar-refractivity contribution is 7.79. The van der Waals surface area contributed by atoms with Crippen LogP contribution in [0.15, 0.2) is 46.8 Å². The number of thiazole rings is 1. The van der Waals surface area contributed by atoms with Crippen LogP contribution in [0.4, 0.5) is 10.8 Å². The molecule has 2 heterocycles. The van der Waals surface area contributed by atoms with Crippen LogP contribution in [0.5, 0.6) is 5.75 Å². The zero-order chi connectivity index (χ0) is 21.5. The minimum atomic E-state index is -2.33. The summed E-state index contributed by atoms with van der Waals surface area (Å²) >= 11 is -0.901. The van der Waals surface area contributed by atoms with Crippen molar-refractivity contribution in [1.29, 1.82) is 0 Å². The molecule has 1 N–H and O–H groups in total. The molecule has 0 aliphatic carbocycles. The molecule has 9 heteroatoms. The number of hydrogen-bond donors (Lipinski definition) is 1. The standard InChI is InChI=1S/C21H25N3O4S2/c1-14(2)28-20-9-8-17(30(25)26)11-18(20)23-21-24-19(13-29-21)15-6-7-16(22-12-15)5-4-10-27-3/h6-9,11-14H,4-5,10H2,1-3H3,(H,23,24)(H,25,26)/p-1. The Hall–Kier alpha value is -2.33. The van der Waals surface area contributed by atoms with E-state index in [4.69, 9.17) is 9.47 Å². The van der Waals surface area contributed by atoms with Crippen LogP contribution in [0.3, 0.4) is 0 Å². The van der Waals surface area contributed by atoms with Gasteiger partial charge in [0.05, 0.1) is 17.5 Å². The molecular formula is C21H24N3O4S2-. The molecule has 0 spiro atoms. The minimum Gasteiger partial charge on any atom is -0.768 e. The van der Waals surface area contributed by atoms with E-state index in [2.05, 4.69) is 15.3 Å². The van der Waals surface area contributed by atoms with Crippen molar-refractivity contribution in [2.24, 2.45) is 0 Å². The smallest absolute Gasteiger partial charge is 0.187 e. The SMILES string of the molecule is COCCCc1ccc(-c2csc(Nc3cc(S(=O)[O-])ccc3OC(C)C)n2)cn1. The molecule has 0 bridgehead atoms. The van der Waals surface area contributed by atoms with Gasteiger partial charge in [0.1, 0.15) is 5.75 Å². The van der Waals surface area contributed by atoms with Crippen molar-refractivity contribution in [3.05, 3.63) is 47.6 Å². The fraction of sp³-hybridized carbons (Fsp3) is 0.333. The van der Waals surface area contributed by atoms with E-state index in [1.165, 1.54) is 23.5 Å². The third kappa shape index (κ3) is 6.09. The summed E-state index contributed by atoms with van der Waals surface area (Å²) in [6.45, 7) is 4.54. The fourth-order valence-corrected chi connectivity index (χ4v) is 3.89. The third-order valence-corrected chi connectivity index (χ3v) is 5.55. The highest BCUT2D eigenvalue weighted by Crippen LogP contribution is 2.33. The summed E-state index contributed by atoms with van der Waals surface area (Å²) in [4.78, 5) is 9.29. The average Bonchev–Trinajstić information content (AvgIpc) is 3.18. The van der Waals surface area contributed by atoms with Crippen molar-refractivity contribution in [1.82, 2.24) is 9.97 Å². The first-order chi connectivity index (χ1) is 14.5. The Morgan fingerprint density at radius 2 is 2.10 bits per heavy atom. The Morgan fingerprint density at radius 1 is 1.27 bits per heavy atom.